The zero-order chi connectivity index (χ0) is 14.0. The van der Waals surface area contributed by atoms with Crippen molar-refractivity contribution in [3.8, 4) is 0 Å². The van der Waals surface area contributed by atoms with E-state index in [2.05, 4.69) is 22.6 Å². The first-order valence-electron chi connectivity index (χ1n) is 6.57. The summed E-state index contributed by atoms with van der Waals surface area (Å²) in [5, 5.41) is 0.801. The maximum atomic E-state index is 14.6. The predicted molar refractivity (Wildman–Crippen MR) is 81.6 cm³/mol. The molecule has 0 aliphatic heterocycles. The summed E-state index contributed by atoms with van der Waals surface area (Å²) in [6.07, 6.45) is 4.90. The Morgan fingerprint density at radius 1 is 1.32 bits per heavy atom. The molecule has 0 N–H and O–H groups in total. The quantitative estimate of drug-likeness (QED) is 0.773. The molecule has 19 heavy (non-hydrogen) atoms. The Labute approximate surface area is 118 Å². The molecule has 1 aromatic heterocycles. The smallest absolute Gasteiger partial charge is 0.146 e. The van der Waals surface area contributed by atoms with Crippen LogP contribution >= 0.6 is 11.8 Å². The van der Waals surface area contributed by atoms with Crippen LogP contribution in [0.2, 0.25) is 0 Å². The lowest BCUT2D eigenvalue weighted by Crippen LogP contribution is -2.15. The molecule has 0 saturated carbocycles. The second-order valence-corrected chi connectivity index (χ2v) is 5.82. The zero-order valence-electron chi connectivity index (χ0n) is 12.0. The van der Waals surface area contributed by atoms with Crippen LogP contribution in [0.1, 0.15) is 12.5 Å². The monoisotopic (exact) mass is 280 g/mol. The van der Waals surface area contributed by atoms with Crippen LogP contribution in [-0.2, 0) is 13.0 Å². The van der Waals surface area contributed by atoms with Gasteiger partial charge in [-0.3, -0.25) is 0 Å². The van der Waals surface area contributed by atoms with Gasteiger partial charge in [0.05, 0.1) is 5.52 Å². The predicted octanol–water partition coefficient (Wildman–Crippen LogP) is 3.63. The van der Waals surface area contributed by atoms with Crippen LogP contribution in [-0.4, -0.2) is 36.4 Å². The highest BCUT2D eigenvalue weighted by molar-refractivity contribution is 7.98. The molecule has 1 aromatic carbocycles. The average Bonchev–Trinajstić information content (AvgIpc) is 2.75. The molecule has 0 radical (unpaired) electrons. The zero-order valence-corrected chi connectivity index (χ0v) is 12.9. The van der Waals surface area contributed by atoms with Crippen molar-refractivity contribution in [2.24, 2.45) is 0 Å². The third-order valence-corrected chi connectivity index (χ3v) is 4.17. The molecule has 0 aliphatic rings. The molecule has 104 valence electrons. The van der Waals surface area contributed by atoms with Gasteiger partial charge in [0.2, 0.25) is 0 Å². The van der Waals surface area contributed by atoms with Crippen LogP contribution in [0, 0.1) is 5.82 Å². The third-order valence-electron chi connectivity index (χ3n) is 3.42. The second-order valence-electron chi connectivity index (χ2n) is 4.97. The fraction of sp³-hybridized carbons (Fsp3) is 0.467. The van der Waals surface area contributed by atoms with Crippen molar-refractivity contribution in [3.05, 3.63) is 29.7 Å². The van der Waals surface area contributed by atoms with E-state index in [0.29, 0.717) is 0 Å². The van der Waals surface area contributed by atoms with Gasteiger partial charge in [-0.05, 0) is 51.4 Å². The van der Waals surface area contributed by atoms with Gasteiger partial charge >= 0.3 is 0 Å². The van der Waals surface area contributed by atoms with E-state index in [-0.39, 0.29) is 5.82 Å². The molecule has 0 spiro atoms. The van der Waals surface area contributed by atoms with Crippen molar-refractivity contribution in [1.29, 1.82) is 0 Å². The maximum Gasteiger partial charge on any atom is 0.146 e. The van der Waals surface area contributed by atoms with Crippen LogP contribution in [0.4, 0.5) is 4.39 Å². The number of aryl methyl sites for hydroxylation is 1. The van der Waals surface area contributed by atoms with E-state index in [9.17, 15) is 4.39 Å². The SMILES string of the molecule is CCn1cc(CCN(C)C)c2c(F)c(SC)ccc21. The number of thioether (sulfide) groups is 1. The maximum absolute atomic E-state index is 14.6. The highest BCUT2D eigenvalue weighted by Crippen LogP contribution is 2.31. The van der Waals surface area contributed by atoms with E-state index >= 15 is 0 Å². The van der Waals surface area contributed by atoms with Gasteiger partial charge in [0.1, 0.15) is 5.82 Å². The summed E-state index contributed by atoms with van der Waals surface area (Å²) in [5.74, 6) is -0.0639. The lowest BCUT2D eigenvalue weighted by atomic mass is 10.1. The van der Waals surface area contributed by atoms with Crippen LogP contribution < -0.4 is 0 Å². The first kappa shape index (κ1) is 14.4. The van der Waals surface area contributed by atoms with Crippen molar-refractivity contribution in [2.45, 2.75) is 24.8 Å². The molecular weight excluding hydrogens is 259 g/mol. The Bertz CT molecular complexity index is 575. The number of hydrogen-bond donors (Lipinski definition) is 0. The van der Waals surface area contributed by atoms with Crippen molar-refractivity contribution >= 4 is 22.7 Å². The first-order chi connectivity index (χ1) is 9.08. The molecule has 0 saturated heterocycles. The molecular formula is C15H21FN2S. The molecule has 0 unspecified atom stereocenters. The number of hydrogen-bond acceptors (Lipinski definition) is 2. The number of halogens is 1. The summed E-state index contributed by atoms with van der Waals surface area (Å²) in [6.45, 7) is 3.90. The molecule has 0 bridgehead atoms. The molecule has 2 rings (SSSR count). The first-order valence-corrected chi connectivity index (χ1v) is 7.79. The highest BCUT2D eigenvalue weighted by Gasteiger charge is 2.15. The largest absolute Gasteiger partial charge is 0.347 e. The van der Waals surface area contributed by atoms with Gasteiger partial charge in [0.15, 0.2) is 0 Å². The fourth-order valence-electron chi connectivity index (χ4n) is 2.37. The number of benzene rings is 1. The van der Waals surface area contributed by atoms with Gasteiger partial charge in [-0.25, -0.2) is 4.39 Å². The second kappa shape index (κ2) is 5.97. The molecule has 0 fully saturated rings. The Morgan fingerprint density at radius 3 is 2.63 bits per heavy atom. The van der Waals surface area contributed by atoms with Crippen molar-refractivity contribution in [1.82, 2.24) is 9.47 Å². The topological polar surface area (TPSA) is 8.17 Å². The van der Waals surface area contributed by atoms with Gasteiger partial charge < -0.3 is 9.47 Å². The van der Waals surface area contributed by atoms with Gasteiger partial charge in [-0.15, -0.1) is 11.8 Å². The molecule has 1 heterocycles. The summed E-state index contributed by atoms with van der Waals surface area (Å²) in [5.41, 5.74) is 2.12. The van der Waals surface area contributed by atoms with Gasteiger partial charge in [-0.2, -0.15) is 0 Å². The number of rotatable bonds is 5. The van der Waals surface area contributed by atoms with Gasteiger partial charge in [0, 0.05) is 29.6 Å². The molecule has 2 aromatic rings. The molecule has 0 aliphatic carbocycles. The Hall–Kier alpha value is -1.00. The minimum atomic E-state index is -0.0639. The number of aromatic nitrogens is 1. The molecule has 4 heteroatoms. The van der Waals surface area contributed by atoms with Crippen molar-refractivity contribution in [2.75, 3.05) is 26.9 Å². The van der Waals surface area contributed by atoms with E-state index in [1.807, 2.05) is 32.5 Å². The van der Waals surface area contributed by atoms with Crippen molar-refractivity contribution < 1.29 is 4.39 Å². The van der Waals surface area contributed by atoms with Crippen LogP contribution in [0.15, 0.2) is 23.2 Å². The summed E-state index contributed by atoms with van der Waals surface area (Å²) in [6, 6.07) is 3.91. The fourth-order valence-corrected chi connectivity index (χ4v) is 2.85. The molecule has 0 amide bonds. The molecule has 2 nitrogen and oxygen atoms in total. The van der Waals surface area contributed by atoms with Crippen LogP contribution in [0.5, 0.6) is 0 Å². The van der Waals surface area contributed by atoms with Gasteiger partial charge in [-0.1, -0.05) is 0 Å². The lowest BCUT2D eigenvalue weighted by Gasteiger charge is -2.09. The van der Waals surface area contributed by atoms with E-state index in [0.717, 1.165) is 40.9 Å². The summed E-state index contributed by atoms with van der Waals surface area (Å²) in [7, 11) is 4.09. The Morgan fingerprint density at radius 2 is 2.05 bits per heavy atom. The van der Waals surface area contributed by atoms with E-state index in [4.69, 9.17) is 0 Å². The third kappa shape index (κ3) is 2.79. The Kier molecular flexibility index (Phi) is 4.53. The van der Waals surface area contributed by atoms with E-state index in [1.165, 1.54) is 11.8 Å². The minimum Gasteiger partial charge on any atom is -0.347 e. The highest BCUT2D eigenvalue weighted by atomic mass is 32.2. The summed E-state index contributed by atoms with van der Waals surface area (Å²) >= 11 is 1.47. The summed E-state index contributed by atoms with van der Waals surface area (Å²) < 4.78 is 16.7. The Balaban J connectivity index is 2.55. The van der Waals surface area contributed by atoms with Crippen LogP contribution in [0.3, 0.4) is 0 Å². The lowest BCUT2D eigenvalue weighted by molar-refractivity contribution is 0.414. The number of fused-ring (bicyclic) bond motifs is 1. The van der Waals surface area contributed by atoms with Crippen molar-refractivity contribution in [3.63, 3.8) is 0 Å². The van der Waals surface area contributed by atoms with E-state index < -0.39 is 0 Å². The number of likely N-dealkylation sites (N-methyl/N-ethyl adjacent to an activating group) is 1. The normalized spacial score (nSPS) is 11.7. The van der Waals surface area contributed by atoms with E-state index in [1.54, 1.807) is 0 Å². The van der Waals surface area contributed by atoms with Gasteiger partial charge in [0.25, 0.3) is 0 Å². The standard InChI is InChI=1S/C15H21FN2S/c1-5-18-10-11(8-9-17(2)3)14-12(18)6-7-13(19-4)15(14)16/h6-7,10H,5,8-9H2,1-4H3. The average molecular weight is 280 g/mol. The summed E-state index contributed by atoms with van der Waals surface area (Å²) in [4.78, 5) is 2.86. The number of nitrogens with zero attached hydrogens (tertiary/aromatic N) is 2. The van der Waals surface area contributed by atoms with Crippen LogP contribution in [0.25, 0.3) is 10.9 Å². The molecule has 0 atom stereocenters. The minimum absolute atomic E-state index is 0.0639.